The van der Waals surface area contributed by atoms with Crippen LogP contribution in [0.1, 0.15) is 36.6 Å². The smallest absolute Gasteiger partial charge is 0.232 e. The second-order valence-corrected chi connectivity index (χ2v) is 5.28. The Kier molecular flexibility index (Phi) is 4.32. The molecule has 0 spiro atoms. The number of ether oxygens (including phenoxy) is 1. The number of hydrogen-bond acceptors (Lipinski definition) is 5. The van der Waals surface area contributed by atoms with E-state index < -0.39 is 0 Å². The van der Waals surface area contributed by atoms with E-state index in [2.05, 4.69) is 31.9 Å². The van der Waals surface area contributed by atoms with Crippen molar-refractivity contribution in [1.82, 2.24) is 20.2 Å². The van der Waals surface area contributed by atoms with E-state index in [9.17, 15) is 4.79 Å². The highest BCUT2D eigenvalue weighted by Gasteiger charge is 2.19. The molecule has 2 heterocycles. The van der Waals surface area contributed by atoms with E-state index >= 15 is 0 Å². The zero-order valence-electron chi connectivity index (χ0n) is 12.4. The lowest BCUT2D eigenvalue weighted by atomic mass is 10.0. The third-order valence-corrected chi connectivity index (χ3v) is 3.69. The first-order chi connectivity index (χ1) is 10.7. The zero-order chi connectivity index (χ0) is 15.4. The van der Waals surface area contributed by atoms with Crippen molar-refractivity contribution in [1.29, 1.82) is 0 Å². The fourth-order valence-corrected chi connectivity index (χ4v) is 2.57. The molecule has 2 N–H and O–H groups in total. The summed E-state index contributed by atoms with van der Waals surface area (Å²) >= 11 is 0. The molecule has 0 saturated heterocycles. The lowest BCUT2D eigenvalue weighted by Gasteiger charge is -2.04. The molecule has 115 valence electrons. The van der Waals surface area contributed by atoms with Gasteiger partial charge in [0.25, 0.3) is 0 Å². The molecule has 1 fully saturated rings. The van der Waals surface area contributed by atoms with Crippen LogP contribution in [0.15, 0.2) is 18.5 Å². The molecule has 7 nitrogen and oxygen atoms in total. The van der Waals surface area contributed by atoms with Crippen LogP contribution in [0, 0.1) is 6.42 Å². The molecule has 1 radical (unpaired) electrons. The summed E-state index contributed by atoms with van der Waals surface area (Å²) in [4.78, 5) is 20.2. The normalized spacial score (nSPS) is 15.0. The van der Waals surface area contributed by atoms with Gasteiger partial charge in [0.05, 0.1) is 25.4 Å². The first kappa shape index (κ1) is 14.5. The topological polar surface area (TPSA) is 92.8 Å². The fourth-order valence-electron chi connectivity index (χ4n) is 2.57. The summed E-state index contributed by atoms with van der Waals surface area (Å²) in [6.07, 6.45) is 8.80. The molecule has 1 saturated carbocycles. The summed E-state index contributed by atoms with van der Waals surface area (Å²) in [5, 5.41) is 9.92. The van der Waals surface area contributed by atoms with Gasteiger partial charge in [0.2, 0.25) is 11.8 Å². The number of amides is 1. The molecule has 2 aromatic heterocycles. The number of hydrogen-bond donors (Lipinski definition) is 2. The molecule has 0 bridgehead atoms. The van der Waals surface area contributed by atoms with Crippen molar-refractivity contribution in [3.05, 3.63) is 36.3 Å². The highest BCUT2D eigenvalue weighted by molar-refractivity contribution is 5.91. The third-order valence-electron chi connectivity index (χ3n) is 3.69. The summed E-state index contributed by atoms with van der Waals surface area (Å²) in [6, 6.07) is 1.90. The molecule has 0 unspecified atom stereocenters. The molecule has 0 aromatic carbocycles. The van der Waals surface area contributed by atoms with Gasteiger partial charge in [0.15, 0.2) is 5.82 Å². The van der Waals surface area contributed by atoms with E-state index in [1.165, 1.54) is 13.3 Å². The Morgan fingerprint density at radius 2 is 2.41 bits per heavy atom. The molecule has 3 rings (SSSR count). The Morgan fingerprint density at radius 3 is 3.18 bits per heavy atom. The summed E-state index contributed by atoms with van der Waals surface area (Å²) in [6.45, 7) is 0. The molecule has 1 atom stereocenters. The maximum Gasteiger partial charge on any atom is 0.232 e. The average Bonchev–Trinajstić information content (AvgIpc) is 3.18. The second-order valence-electron chi connectivity index (χ2n) is 5.28. The molecule has 7 heteroatoms. The van der Waals surface area contributed by atoms with Crippen LogP contribution in [0.3, 0.4) is 0 Å². The number of anilines is 1. The fraction of sp³-hybridized carbons (Fsp3) is 0.400. The summed E-state index contributed by atoms with van der Waals surface area (Å²) in [5.41, 5.74) is 1.63. The van der Waals surface area contributed by atoms with Gasteiger partial charge >= 0.3 is 0 Å². The minimum atomic E-state index is -0.182. The van der Waals surface area contributed by atoms with Crippen LogP contribution < -0.4 is 10.1 Å². The first-order valence-corrected chi connectivity index (χ1v) is 7.26. The van der Waals surface area contributed by atoms with Gasteiger partial charge in [0, 0.05) is 23.9 Å². The number of aromatic nitrogens is 4. The quantitative estimate of drug-likeness (QED) is 0.879. The molecule has 1 amide bonds. The number of nitrogens with one attached hydrogen (secondary N) is 2. The Hall–Kier alpha value is -2.44. The maximum atomic E-state index is 12.0. The number of carbonyl (C=O) groups excluding carboxylic acids is 1. The molecular weight excluding hydrogens is 282 g/mol. The highest BCUT2D eigenvalue weighted by atomic mass is 16.5. The monoisotopic (exact) mass is 300 g/mol. The van der Waals surface area contributed by atoms with Crippen molar-refractivity contribution >= 4 is 11.7 Å². The van der Waals surface area contributed by atoms with Crippen LogP contribution in [0.2, 0.25) is 0 Å². The molecule has 1 aliphatic carbocycles. The van der Waals surface area contributed by atoms with Crippen molar-refractivity contribution in [2.45, 2.75) is 31.6 Å². The third kappa shape index (κ3) is 3.41. The first-order valence-electron chi connectivity index (χ1n) is 7.26. The van der Waals surface area contributed by atoms with Crippen LogP contribution in [0.5, 0.6) is 5.88 Å². The number of H-pyrrole nitrogens is 1. The van der Waals surface area contributed by atoms with E-state index in [0.717, 1.165) is 25.0 Å². The Balaban J connectivity index is 1.59. The number of rotatable bonds is 5. The van der Waals surface area contributed by atoms with Crippen LogP contribution in [0.4, 0.5) is 5.82 Å². The molecule has 1 aliphatic rings. The van der Waals surface area contributed by atoms with Crippen molar-refractivity contribution in [2.75, 3.05) is 12.4 Å². The Labute approximate surface area is 128 Å². The largest absolute Gasteiger partial charge is 0.480 e. The Bertz CT molecular complexity index is 649. The van der Waals surface area contributed by atoms with Crippen LogP contribution in [-0.4, -0.2) is 33.2 Å². The van der Waals surface area contributed by atoms with E-state index in [1.54, 1.807) is 6.20 Å². The van der Waals surface area contributed by atoms with Crippen molar-refractivity contribution in [3.8, 4) is 5.88 Å². The Morgan fingerprint density at radius 1 is 1.50 bits per heavy atom. The van der Waals surface area contributed by atoms with Gasteiger partial charge in [-0.2, -0.15) is 5.10 Å². The minimum absolute atomic E-state index is 0.129. The maximum absolute atomic E-state index is 12.0. The van der Waals surface area contributed by atoms with Crippen LogP contribution in [0.25, 0.3) is 0 Å². The average molecular weight is 300 g/mol. The number of aromatic amines is 1. The van der Waals surface area contributed by atoms with E-state index in [0.29, 0.717) is 23.3 Å². The predicted molar refractivity (Wildman–Crippen MR) is 80.4 cm³/mol. The molecular formula is C15H18N5O2. The molecule has 22 heavy (non-hydrogen) atoms. The predicted octanol–water partition coefficient (Wildman–Crippen LogP) is 1.86. The van der Waals surface area contributed by atoms with Gasteiger partial charge in [-0.25, -0.2) is 4.98 Å². The van der Waals surface area contributed by atoms with Gasteiger partial charge < -0.3 is 10.1 Å². The van der Waals surface area contributed by atoms with Crippen LogP contribution in [-0.2, 0) is 11.2 Å². The highest BCUT2D eigenvalue weighted by Crippen LogP contribution is 2.32. The van der Waals surface area contributed by atoms with Gasteiger partial charge in [0.1, 0.15) is 0 Å². The van der Waals surface area contributed by atoms with Crippen molar-refractivity contribution in [3.63, 3.8) is 0 Å². The number of methoxy groups -OCH3 is 1. The summed E-state index contributed by atoms with van der Waals surface area (Å²) < 4.78 is 4.99. The van der Waals surface area contributed by atoms with Crippen molar-refractivity contribution < 1.29 is 9.53 Å². The van der Waals surface area contributed by atoms with Gasteiger partial charge in [-0.3, -0.25) is 14.9 Å². The second kappa shape index (κ2) is 6.55. The number of nitrogens with zero attached hydrogens (tertiary/aromatic N) is 3. The van der Waals surface area contributed by atoms with Gasteiger partial charge in [-0.15, -0.1) is 0 Å². The van der Waals surface area contributed by atoms with Gasteiger partial charge in [-0.05, 0) is 25.7 Å². The number of carbonyl (C=O) groups is 1. The summed E-state index contributed by atoms with van der Waals surface area (Å²) in [7, 11) is 1.51. The minimum Gasteiger partial charge on any atom is -0.480 e. The molecule has 0 aliphatic heterocycles. The lowest BCUT2D eigenvalue weighted by Crippen LogP contribution is -2.15. The lowest BCUT2D eigenvalue weighted by molar-refractivity contribution is -0.115. The standard InChI is InChI=1S/C15H18N5O2/c1-22-15-9-16-8-11(17-15)6-14(21)18-13-7-12(19-20-13)10-4-2-3-5-10/h2,7-10H,3-6H2,1H3,(H2,18,19,20,21)/t10-/m0/s1. The van der Waals surface area contributed by atoms with Crippen molar-refractivity contribution in [2.24, 2.45) is 0 Å². The van der Waals surface area contributed by atoms with Gasteiger partial charge in [-0.1, -0.05) is 0 Å². The SMILES string of the molecule is COc1cncc(CC(=O)Nc2cc([C@H]3C[CH]CC3)[nH]n2)n1. The molecule has 2 aromatic rings. The van der Waals surface area contributed by atoms with Crippen LogP contribution >= 0.6 is 0 Å². The van der Waals surface area contributed by atoms with E-state index in [1.807, 2.05) is 6.07 Å². The zero-order valence-corrected chi connectivity index (χ0v) is 12.4. The summed E-state index contributed by atoms with van der Waals surface area (Å²) in [5.74, 6) is 1.24. The van der Waals surface area contributed by atoms with E-state index in [4.69, 9.17) is 4.74 Å². The van der Waals surface area contributed by atoms with E-state index in [-0.39, 0.29) is 12.3 Å².